The van der Waals surface area contributed by atoms with Crippen LogP contribution in [0.1, 0.15) is 33.6 Å². The zero-order chi connectivity index (χ0) is 16.9. The van der Waals surface area contributed by atoms with E-state index in [0.29, 0.717) is 6.04 Å². The second-order valence-corrected chi connectivity index (χ2v) is 6.93. The number of benzene rings is 1. The first kappa shape index (κ1) is 16.6. The number of piperidine rings is 1. The Morgan fingerprint density at radius 1 is 1.04 bits per heavy atom. The van der Waals surface area contributed by atoms with Gasteiger partial charge in [-0.3, -0.25) is 0 Å². The van der Waals surface area contributed by atoms with Crippen LogP contribution in [0, 0.1) is 5.92 Å². The molecule has 0 bridgehead atoms. The Morgan fingerprint density at radius 2 is 1.71 bits per heavy atom. The Labute approximate surface area is 144 Å². The first-order valence-corrected chi connectivity index (χ1v) is 8.81. The molecule has 3 rings (SSSR count). The second-order valence-electron chi connectivity index (χ2n) is 6.93. The summed E-state index contributed by atoms with van der Waals surface area (Å²) in [5.41, 5.74) is 2.34. The molecule has 1 aliphatic rings. The number of hydrogen-bond donors (Lipinski definition) is 2. The van der Waals surface area contributed by atoms with Crippen molar-refractivity contribution in [2.45, 2.75) is 39.7 Å². The SMILES string of the molecule is CC1CCN(c2ccc(Nc3cc(NC(C)C)ncn3)cc2)CC1. The van der Waals surface area contributed by atoms with Crippen LogP contribution in [0.5, 0.6) is 0 Å². The fraction of sp³-hybridized carbons (Fsp3) is 0.474. The highest BCUT2D eigenvalue weighted by Crippen LogP contribution is 2.25. The van der Waals surface area contributed by atoms with Crippen molar-refractivity contribution in [3.8, 4) is 0 Å². The maximum absolute atomic E-state index is 4.29. The van der Waals surface area contributed by atoms with E-state index in [9.17, 15) is 0 Å². The maximum atomic E-state index is 4.29. The monoisotopic (exact) mass is 325 g/mol. The Hall–Kier alpha value is -2.30. The summed E-state index contributed by atoms with van der Waals surface area (Å²) in [7, 11) is 0. The van der Waals surface area contributed by atoms with E-state index in [0.717, 1.165) is 36.3 Å². The summed E-state index contributed by atoms with van der Waals surface area (Å²) in [6.45, 7) is 8.84. The number of hydrogen-bond acceptors (Lipinski definition) is 5. The van der Waals surface area contributed by atoms with Crippen molar-refractivity contribution in [2.75, 3.05) is 28.6 Å². The molecule has 1 aromatic carbocycles. The van der Waals surface area contributed by atoms with Crippen LogP contribution in [-0.2, 0) is 0 Å². The highest BCUT2D eigenvalue weighted by molar-refractivity contribution is 5.62. The lowest BCUT2D eigenvalue weighted by molar-refractivity contribution is 0.438. The summed E-state index contributed by atoms with van der Waals surface area (Å²) in [4.78, 5) is 11.0. The van der Waals surface area contributed by atoms with Crippen LogP contribution >= 0.6 is 0 Å². The lowest BCUT2D eigenvalue weighted by Crippen LogP contribution is -2.32. The molecule has 128 valence electrons. The molecular weight excluding hydrogens is 298 g/mol. The third-order valence-corrected chi connectivity index (χ3v) is 4.39. The topological polar surface area (TPSA) is 53.1 Å². The smallest absolute Gasteiger partial charge is 0.135 e. The highest BCUT2D eigenvalue weighted by atomic mass is 15.1. The number of rotatable bonds is 5. The minimum absolute atomic E-state index is 0.347. The maximum Gasteiger partial charge on any atom is 0.135 e. The van der Waals surface area contributed by atoms with Gasteiger partial charge in [-0.05, 0) is 56.9 Å². The Bertz CT molecular complexity index is 645. The largest absolute Gasteiger partial charge is 0.372 e. The third-order valence-electron chi connectivity index (χ3n) is 4.39. The minimum atomic E-state index is 0.347. The van der Waals surface area contributed by atoms with Gasteiger partial charge in [0.05, 0.1) is 0 Å². The van der Waals surface area contributed by atoms with Gasteiger partial charge >= 0.3 is 0 Å². The number of nitrogens with one attached hydrogen (secondary N) is 2. The zero-order valence-corrected chi connectivity index (χ0v) is 14.8. The molecule has 5 heteroatoms. The van der Waals surface area contributed by atoms with Crippen molar-refractivity contribution in [3.05, 3.63) is 36.7 Å². The van der Waals surface area contributed by atoms with Crippen LogP contribution in [0.25, 0.3) is 0 Å². The standard InChI is InChI=1S/C19H27N5/c1-14(2)22-18-12-19(21-13-20-18)23-16-4-6-17(7-5-16)24-10-8-15(3)9-11-24/h4-7,12-15H,8-11H2,1-3H3,(H2,20,21,22,23). The van der Waals surface area contributed by atoms with Crippen molar-refractivity contribution >= 4 is 23.0 Å². The van der Waals surface area contributed by atoms with Crippen molar-refractivity contribution in [1.82, 2.24) is 9.97 Å². The Morgan fingerprint density at radius 3 is 2.38 bits per heavy atom. The fourth-order valence-corrected chi connectivity index (χ4v) is 2.97. The van der Waals surface area contributed by atoms with Gasteiger partial charge < -0.3 is 15.5 Å². The molecule has 2 N–H and O–H groups in total. The number of nitrogens with zero attached hydrogens (tertiary/aromatic N) is 3. The third kappa shape index (κ3) is 4.37. The van der Waals surface area contributed by atoms with Crippen LogP contribution in [0.4, 0.5) is 23.0 Å². The second kappa shape index (κ2) is 7.51. The van der Waals surface area contributed by atoms with E-state index < -0.39 is 0 Å². The van der Waals surface area contributed by atoms with E-state index in [1.165, 1.54) is 18.5 Å². The fourth-order valence-electron chi connectivity index (χ4n) is 2.97. The molecule has 0 aliphatic carbocycles. The summed E-state index contributed by atoms with van der Waals surface area (Å²) in [5.74, 6) is 2.49. The van der Waals surface area contributed by atoms with Crippen LogP contribution in [0.15, 0.2) is 36.7 Å². The van der Waals surface area contributed by atoms with Gasteiger partial charge in [0.1, 0.15) is 18.0 Å². The lowest BCUT2D eigenvalue weighted by atomic mass is 9.99. The minimum Gasteiger partial charge on any atom is -0.372 e. The van der Waals surface area contributed by atoms with Gasteiger partial charge in [0.15, 0.2) is 0 Å². The average Bonchev–Trinajstić information content (AvgIpc) is 2.56. The predicted octanol–water partition coefficient (Wildman–Crippen LogP) is 4.28. The Kier molecular flexibility index (Phi) is 5.18. The van der Waals surface area contributed by atoms with Gasteiger partial charge in [-0.2, -0.15) is 0 Å². The molecule has 0 saturated carbocycles. The van der Waals surface area contributed by atoms with Crippen molar-refractivity contribution in [3.63, 3.8) is 0 Å². The molecule has 0 spiro atoms. The molecule has 0 atom stereocenters. The van der Waals surface area contributed by atoms with Crippen molar-refractivity contribution in [1.29, 1.82) is 0 Å². The average molecular weight is 325 g/mol. The molecule has 1 fully saturated rings. The van der Waals surface area contributed by atoms with Gasteiger partial charge in [-0.15, -0.1) is 0 Å². The summed E-state index contributed by atoms with van der Waals surface area (Å²) in [5, 5.41) is 6.63. The quantitative estimate of drug-likeness (QED) is 0.859. The van der Waals surface area contributed by atoms with Crippen molar-refractivity contribution < 1.29 is 0 Å². The first-order chi connectivity index (χ1) is 11.6. The van der Waals surface area contributed by atoms with Gasteiger partial charge in [-0.25, -0.2) is 9.97 Å². The molecule has 2 heterocycles. The summed E-state index contributed by atoms with van der Waals surface area (Å²) in [6, 6.07) is 10.9. The number of anilines is 4. The first-order valence-electron chi connectivity index (χ1n) is 8.81. The Balaban J connectivity index is 1.64. The summed E-state index contributed by atoms with van der Waals surface area (Å²) in [6.07, 6.45) is 4.15. The van der Waals surface area contributed by atoms with Gasteiger partial charge in [0, 0.05) is 36.6 Å². The zero-order valence-electron chi connectivity index (χ0n) is 14.8. The van der Waals surface area contributed by atoms with E-state index in [1.807, 2.05) is 6.07 Å². The molecule has 1 aromatic heterocycles. The summed E-state index contributed by atoms with van der Waals surface area (Å²) < 4.78 is 0. The summed E-state index contributed by atoms with van der Waals surface area (Å²) >= 11 is 0. The van der Waals surface area contributed by atoms with E-state index in [1.54, 1.807) is 6.33 Å². The molecule has 0 amide bonds. The molecule has 24 heavy (non-hydrogen) atoms. The van der Waals surface area contributed by atoms with Gasteiger partial charge in [0.25, 0.3) is 0 Å². The predicted molar refractivity (Wildman–Crippen MR) is 101 cm³/mol. The lowest BCUT2D eigenvalue weighted by Gasteiger charge is -2.32. The number of aromatic nitrogens is 2. The van der Waals surface area contributed by atoms with Crippen LogP contribution in [0.2, 0.25) is 0 Å². The van der Waals surface area contributed by atoms with Gasteiger partial charge in [0.2, 0.25) is 0 Å². The molecule has 5 nitrogen and oxygen atoms in total. The van der Waals surface area contributed by atoms with E-state index in [-0.39, 0.29) is 0 Å². The molecule has 0 unspecified atom stereocenters. The molecule has 2 aromatic rings. The highest BCUT2D eigenvalue weighted by Gasteiger charge is 2.15. The molecular formula is C19H27N5. The van der Waals surface area contributed by atoms with Gasteiger partial charge in [-0.1, -0.05) is 6.92 Å². The molecule has 1 saturated heterocycles. The normalized spacial score (nSPS) is 15.6. The van der Waals surface area contributed by atoms with Crippen LogP contribution in [0.3, 0.4) is 0 Å². The van der Waals surface area contributed by atoms with E-state index >= 15 is 0 Å². The molecule has 0 radical (unpaired) electrons. The van der Waals surface area contributed by atoms with Crippen molar-refractivity contribution in [2.24, 2.45) is 5.92 Å². The van der Waals surface area contributed by atoms with Crippen LogP contribution in [-0.4, -0.2) is 29.1 Å². The van der Waals surface area contributed by atoms with Crippen LogP contribution < -0.4 is 15.5 Å². The molecule has 1 aliphatic heterocycles. The van der Waals surface area contributed by atoms with E-state index in [4.69, 9.17) is 0 Å². The van der Waals surface area contributed by atoms with E-state index in [2.05, 4.69) is 70.5 Å².